The number of hydrogen-bond donors (Lipinski definition) is 1. The summed E-state index contributed by atoms with van der Waals surface area (Å²) in [5, 5.41) is 9.09. The molecular weight excluding hydrogens is 290 g/mol. The second-order valence-corrected chi connectivity index (χ2v) is 6.15. The summed E-state index contributed by atoms with van der Waals surface area (Å²) in [6, 6.07) is 5.29. The highest BCUT2D eigenvalue weighted by molar-refractivity contribution is 7.11. The zero-order valence-corrected chi connectivity index (χ0v) is 13.0. The summed E-state index contributed by atoms with van der Waals surface area (Å²) in [4.78, 5) is 27.2. The van der Waals surface area contributed by atoms with Crippen molar-refractivity contribution in [3.8, 4) is 0 Å². The van der Waals surface area contributed by atoms with Crippen LogP contribution in [0.4, 0.5) is 0 Å². The van der Waals surface area contributed by atoms with Crippen LogP contribution in [0, 0.1) is 6.92 Å². The predicted octanol–water partition coefficient (Wildman–Crippen LogP) is 3.18. The number of carbonyl (C=O) groups is 2. The molecule has 0 unspecified atom stereocenters. The minimum atomic E-state index is -1.08. The van der Waals surface area contributed by atoms with Crippen molar-refractivity contribution in [1.29, 1.82) is 0 Å². The average Bonchev–Trinajstić information content (AvgIpc) is 3.04. The van der Waals surface area contributed by atoms with Gasteiger partial charge in [-0.15, -0.1) is 11.3 Å². The molecule has 0 aliphatic carbocycles. The third-order valence-electron chi connectivity index (χ3n) is 3.11. The van der Waals surface area contributed by atoms with Gasteiger partial charge >= 0.3 is 5.97 Å². The van der Waals surface area contributed by atoms with E-state index in [1.54, 1.807) is 25.3 Å². The zero-order chi connectivity index (χ0) is 15.6. The molecule has 0 saturated carbocycles. The van der Waals surface area contributed by atoms with E-state index in [4.69, 9.17) is 9.52 Å². The minimum absolute atomic E-state index is 0.0567. The topological polar surface area (TPSA) is 70.8 Å². The van der Waals surface area contributed by atoms with Crippen LogP contribution in [0.5, 0.6) is 0 Å². The van der Waals surface area contributed by atoms with Crippen LogP contribution in [0.2, 0.25) is 0 Å². The van der Waals surface area contributed by atoms with Crippen LogP contribution < -0.4 is 0 Å². The molecule has 5 nitrogen and oxygen atoms in total. The molecule has 0 aromatic carbocycles. The number of nitrogens with zero attached hydrogens (tertiary/aromatic N) is 1. The molecule has 1 amide bonds. The van der Waals surface area contributed by atoms with E-state index in [1.165, 1.54) is 15.8 Å². The molecule has 0 aliphatic heterocycles. The van der Waals surface area contributed by atoms with Gasteiger partial charge in [-0.3, -0.25) is 4.79 Å². The summed E-state index contributed by atoms with van der Waals surface area (Å²) in [7, 11) is 1.67. The Balaban J connectivity index is 2.17. The first kappa shape index (κ1) is 15.3. The third-order valence-corrected chi connectivity index (χ3v) is 4.09. The second kappa shape index (κ2) is 6.13. The first-order valence-electron chi connectivity index (χ1n) is 6.59. The van der Waals surface area contributed by atoms with E-state index < -0.39 is 5.97 Å². The predicted molar refractivity (Wildman–Crippen MR) is 79.9 cm³/mol. The molecule has 2 heterocycles. The molecule has 1 N–H and O–H groups in total. The number of aromatic carboxylic acids is 1. The minimum Gasteiger partial charge on any atom is -0.478 e. The Hall–Kier alpha value is -2.08. The zero-order valence-electron chi connectivity index (χ0n) is 12.2. The van der Waals surface area contributed by atoms with E-state index in [9.17, 15) is 9.59 Å². The molecule has 2 rings (SSSR count). The largest absolute Gasteiger partial charge is 0.478 e. The lowest BCUT2D eigenvalue weighted by Crippen LogP contribution is -2.25. The van der Waals surface area contributed by atoms with Gasteiger partial charge in [-0.05, 0) is 19.1 Å². The Labute approximate surface area is 126 Å². The fourth-order valence-corrected chi connectivity index (χ4v) is 2.99. The number of amides is 1. The Bertz CT molecular complexity index is 671. The number of carboxylic acids is 1. The van der Waals surface area contributed by atoms with Crippen molar-refractivity contribution in [2.24, 2.45) is 0 Å². The molecule has 2 aromatic heterocycles. The Morgan fingerprint density at radius 1 is 1.38 bits per heavy atom. The smallest absolute Gasteiger partial charge is 0.339 e. The van der Waals surface area contributed by atoms with Crippen LogP contribution in [-0.4, -0.2) is 28.9 Å². The number of carbonyl (C=O) groups excluding carboxylic acids is 1. The van der Waals surface area contributed by atoms with Crippen molar-refractivity contribution in [2.75, 3.05) is 7.05 Å². The average molecular weight is 307 g/mol. The van der Waals surface area contributed by atoms with Crippen molar-refractivity contribution in [1.82, 2.24) is 4.90 Å². The third kappa shape index (κ3) is 3.33. The van der Waals surface area contributed by atoms with Gasteiger partial charge in [0.05, 0.1) is 6.54 Å². The Morgan fingerprint density at radius 3 is 2.57 bits per heavy atom. The Kier molecular flexibility index (Phi) is 4.47. The number of hydrogen-bond acceptors (Lipinski definition) is 4. The van der Waals surface area contributed by atoms with Crippen LogP contribution >= 0.6 is 11.3 Å². The molecule has 21 heavy (non-hydrogen) atoms. The van der Waals surface area contributed by atoms with E-state index in [0.29, 0.717) is 18.7 Å². The maximum Gasteiger partial charge on any atom is 0.339 e. The normalized spacial score (nSPS) is 10.6. The van der Waals surface area contributed by atoms with Crippen LogP contribution in [0.1, 0.15) is 43.4 Å². The van der Waals surface area contributed by atoms with Gasteiger partial charge in [0, 0.05) is 29.3 Å². The standard InChI is InChI=1S/C15H17NO4S/c1-4-12-11(15(18)19)7-13(20-12)14(17)16(3)8-10-6-5-9(2)21-10/h5-7H,4,8H2,1-3H3,(H,18,19). The lowest BCUT2D eigenvalue weighted by Gasteiger charge is -2.14. The van der Waals surface area contributed by atoms with E-state index in [1.807, 2.05) is 19.1 Å². The van der Waals surface area contributed by atoms with E-state index in [-0.39, 0.29) is 17.2 Å². The van der Waals surface area contributed by atoms with Crippen LogP contribution in [0.3, 0.4) is 0 Å². The number of rotatable bonds is 5. The molecule has 0 saturated heterocycles. The Morgan fingerprint density at radius 2 is 2.10 bits per heavy atom. The van der Waals surface area contributed by atoms with Gasteiger partial charge in [0.15, 0.2) is 5.76 Å². The summed E-state index contributed by atoms with van der Waals surface area (Å²) in [5.74, 6) is -0.999. The highest BCUT2D eigenvalue weighted by Gasteiger charge is 2.22. The van der Waals surface area contributed by atoms with Gasteiger partial charge < -0.3 is 14.4 Å². The van der Waals surface area contributed by atoms with Crippen LogP contribution in [-0.2, 0) is 13.0 Å². The molecule has 0 bridgehead atoms. The molecule has 0 atom stereocenters. The SMILES string of the molecule is CCc1oc(C(=O)N(C)Cc2ccc(C)s2)cc1C(=O)O. The maximum absolute atomic E-state index is 12.3. The van der Waals surface area contributed by atoms with E-state index in [2.05, 4.69) is 0 Å². The molecule has 2 aromatic rings. The fraction of sp³-hybridized carbons (Fsp3) is 0.333. The molecule has 0 aliphatic rings. The maximum atomic E-state index is 12.3. The quantitative estimate of drug-likeness (QED) is 0.921. The molecule has 0 spiro atoms. The van der Waals surface area contributed by atoms with Crippen molar-refractivity contribution < 1.29 is 19.1 Å². The lowest BCUT2D eigenvalue weighted by atomic mass is 10.2. The molecule has 0 fully saturated rings. The lowest BCUT2D eigenvalue weighted by molar-refractivity contribution is 0.0693. The summed E-state index contributed by atoms with van der Waals surface area (Å²) >= 11 is 1.63. The van der Waals surface area contributed by atoms with Gasteiger partial charge in [0.25, 0.3) is 5.91 Å². The number of thiophene rings is 1. The molecule has 0 radical (unpaired) electrons. The fourth-order valence-electron chi connectivity index (χ4n) is 2.04. The van der Waals surface area contributed by atoms with Gasteiger partial charge in [-0.2, -0.15) is 0 Å². The van der Waals surface area contributed by atoms with Gasteiger partial charge in [-0.25, -0.2) is 4.79 Å². The van der Waals surface area contributed by atoms with E-state index >= 15 is 0 Å². The van der Waals surface area contributed by atoms with Crippen LogP contribution in [0.25, 0.3) is 0 Å². The number of carboxylic acid groups (broad SMARTS) is 1. The highest BCUT2D eigenvalue weighted by Crippen LogP contribution is 2.20. The van der Waals surface area contributed by atoms with Gasteiger partial charge in [-0.1, -0.05) is 6.92 Å². The van der Waals surface area contributed by atoms with Gasteiger partial charge in [0.1, 0.15) is 11.3 Å². The molecule has 6 heteroatoms. The van der Waals surface area contributed by atoms with E-state index in [0.717, 1.165) is 4.88 Å². The number of aryl methyl sites for hydroxylation is 2. The molecular formula is C15H17NO4S. The van der Waals surface area contributed by atoms with Crippen molar-refractivity contribution in [3.05, 3.63) is 45.0 Å². The first-order valence-corrected chi connectivity index (χ1v) is 7.40. The summed E-state index contributed by atoms with van der Waals surface area (Å²) in [6.45, 7) is 4.27. The van der Waals surface area contributed by atoms with Crippen LogP contribution in [0.15, 0.2) is 22.6 Å². The summed E-state index contributed by atoms with van der Waals surface area (Å²) in [5.41, 5.74) is 0.0567. The van der Waals surface area contributed by atoms with Crippen molar-refractivity contribution in [3.63, 3.8) is 0 Å². The summed E-state index contributed by atoms with van der Waals surface area (Å²) in [6.07, 6.45) is 0.433. The number of furan rings is 1. The highest BCUT2D eigenvalue weighted by atomic mass is 32.1. The molecule has 112 valence electrons. The van der Waals surface area contributed by atoms with Gasteiger partial charge in [0.2, 0.25) is 0 Å². The monoisotopic (exact) mass is 307 g/mol. The summed E-state index contributed by atoms with van der Waals surface area (Å²) < 4.78 is 5.38. The first-order chi connectivity index (χ1) is 9.92. The van der Waals surface area contributed by atoms with Crippen molar-refractivity contribution in [2.45, 2.75) is 26.8 Å². The van der Waals surface area contributed by atoms with Crippen molar-refractivity contribution >= 4 is 23.2 Å². The second-order valence-electron chi connectivity index (χ2n) is 4.78.